The van der Waals surface area contributed by atoms with Gasteiger partial charge in [0.1, 0.15) is 11.7 Å². The number of rotatable bonds is 7. The molecule has 28 heavy (non-hydrogen) atoms. The molecule has 1 unspecified atom stereocenters. The Morgan fingerprint density at radius 1 is 1.21 bits per heavy atom. The van der Waals surface area contributed by atoms with Crippen molar-refractivity contribution in [3.05, 3.63) is 70.5 Å². The molecule has 0 heterocycles. The van der Waals surface area contributed by atoms with Crippen LogP contribution < -0.4 is 0 Å². The minimum absolute atomic E-state index is 0.107. The number of esters is 1. The zero-order chi connectivity index (χ0) is 20.7. The SMILES string of the molecule is CC(=N)C(C#N)C(=O)COC(=O)/C(=C/c1ccc(Cl)cc1)c1ccc(F)cc1. The van der Waals surface area contributed by atoms with E-state index in [1.165, 1.54) is 37.3 Å². The Labute approximate surface area is 166 Å². The molecule has 5 nitrogen and oxygen atoms in total. The molecule has 0 aliphatic rings. The Bertz CT molecular complexity index is 961. The molecule has 0 bridgehead atoms. The van der Waals surface area contributed by atoms with E-state index in [0.717, 1.165) is 0 Å². The zero-order valence-electron chi connectivity index (χ0n) is 14.9. The van der Waals surface area contributed by atoms with Crippen molar-refractivity contribution in [2.45, 2.75) is 6.92 Å². The second-order valence-corrected chi connectivity index (χ2v) is 6.34. The summed E-state index contributed by atoms with van der Waals surface area (Å²) in [6.07, 6.45) is 1.53. The first-order valence-electron chi connectivity index (χ1n) is 8.19. The summed E-state index contributed by atoms with van der Waals surface area (Å²) in [4.78, 5) is 24.6. The third-order valence-corrected chi connectivity index (χ3v) is 4.04. The van der Waals surface area contributed by atoms with Gasteiger partial charge in [-0.05, 0) is 48.4 Å². The number of hydrogen-bond acceptors (Lipinski definition) is 5. The predicted octanol–water partition coefficient (Wildman–Crippen LogP) is 4.31. The highest BCUT2D eigenvalue weighted by molar-refractivity contribution is 6.30. The standard InChI is InChI=1S/C21H16ClFN2O3/c1-13(25)19(11-24)20(26)12-28-21(27)18(15-4-8-17(23)9-5-15)10-14-2-6-16(22)7-3-14/h2-10,19,25H,12H2,1H3/b18-10+,25-13?. The molecule has 2 aromatic carbocycles. The van der Waals surface area contributed by atoms with Crippen LogP contribution in [0.2, 0.25) is 5.02 Å². The average Bonchev–Trinajstić information content (AvgIpc) is 2.67. The number of Topliss-reactive ketones (excluding diaryl/α,β-unsaturated/α-hetero) is 1. The maximum atomic E-state index is 13.2. The average molecular weight is 399 g/mol. The second-order valence-electron chi connectivity index (χ2n) is 5.90. The molecule has 0 fully saturated rings. The molecule has 0 saturated carbocycles. The number of nitriles is 1. The fraction of sp³-hybridized carbons (Fsp3) is 0.143. The maximum Gasteiger partial charge on any atom is 0.339 e. The van der Waals surface area contributed by atoms with Gasteiger partial charge in [0, 0.05) is 10.7 Å². The summed E-state index contributed by atoms with van der Waals surface area (Å²) in [5.74, 6) is -3.22. The molecule has 0 aliphatic heterocycles. The lowest BCUT2D eigenvalue weighted by atomic mass is 10.0. The van der Waals surface area contributed by atoms with Crippen molar-refractivity contribution in [1.29, 1.82) is 10.7 Å². The van der Waals surface area contributed by atoms with Crippen molar-refractivity contribution in [3.63, 3.8) is 0 Å². The number of ether oxygens (including phenoxy) is 1. The van der Waals surface area contributed by atoms with E-state index in [0.29, 0.717) is 16.1 Å². The molecule has 2 aromatic rings. The van der Waals surface area contributed by atoms with Crippen LogP contribution in [0.3, 0.4) is 0 Å². The highest BCUT2D eigenvalue weighted by Gasteiger charge is 2.23. The van der Waals surface area contributed by atoms with Crippen LogP contribution in [0.15, 0.2) is 48.5 Å². The Hall–Kier alpha value is -3.30. The lowest BCUT2D eigenvalue weighted by molar-refractivity contribution is -0.142. The molecule has 1 N–H and O–H groups in total. The smallest absolute Gasteiger partial charge is 0.339 e. The molecule has 0 amide bonds. The van der Waals surface area contributed by atoms with Crippen LogP contribution in [0.25, 0.3) is 11.6 Å². The van der Waals surface area contributed by atoms with Gasteiger partial charge in [0.15, 0.2) is 12.4 Å². The summed E-state index contributed by atoms with van der Waals surface area (Å²) >= 11 is 5.86. The quantitative estimate of drug-likeness (QED) is 0.325. The van der Waals surface area contributed by atoms with Gasteiger partial charge in [-0.25, -0.2) is 9.18 Å². The molecule has 0 aliphatic carbocycles. The van der Waals surface area contributed by atoms with E-state index in [-0.39, 0.29) is 11.3 Å². The van der Waals surface area contributed by atoms with Crippen molar-refractivity contribution < 1.29 is 18.7 Å². The number of nitrogens with one attached hydrogen (secondary N) is 1. The summed E-state index contributed by atoms with van der Waals surface area (Å²) < 4.78 is 18.3. The van der Waals surface area contributed by atoms with Crippen LogP contribution in [0.1, 0.15) is 18.1 Å². The van der Waals surface area contributed by atoms with Gasteiger partial charge in [0.2, 0.25) is 0 Å². The van der Waals surface area contributed by atoms with Gasteiger partial charge in [-0.2, -0.15) is 5.26 Å². The first kappa shape index (κ1) is 21.0. The van der Waals surface area contributed by atoms with Crippen molar-refractivity contribution in [3.8, 4) is 6.07 Å². The van der Waals surface area contributed by atoms with Gasteiger partial charge in [-0.15, -0.1) is 0 Å². The van der Waals surface area contributed by atoms with Gasteiger partial charge < -0.3 is 10.1 Å². The summed E-state index contributed by atoms with van der Waals surface area (Å²) in [7, 11) is 0. The molecule has 7 heteroatoms. The van der Waals surface area contributed by atoms with Gasteiger partial charge >= 0.3 is 5.97 Å². The van der Waals surface area contributed by atoms with E-state index in [1.807, 2.05) is 0 Å². The second kappa shape index (κ2) is 9.58. The van der Waals surface area contributed by atoms with Crippen LogP contribution in [0.4, 0.5) is 4.39 Å². The molecule has 142 valence electrons. The first-order chi connectivity index (χ1) is 13.3. The van der Waals surface area contributed by atoms with Crippen LogP contribution >= 0.6 is 11.6 Å². The first-order valence-corrected chi connectivity index (χ1v) is 8.57. The summed E-state index contributed by atoms with van der Waals surface area (Å²) in [5.41, 5.74) is 1.03. The molecular formula is C21H16ClFN2O3. The lowest BCUT2D eigenvalue weighted by Crippen LogP contribution is -2.25. The summed E-state index contributed by atoms with van der Waals surface area (Å²) in [6, 6.07) is 13.6. The number of nitrogens with zero attached hydrogens (tertiary/aromatic N) is 1. The van der Waals surface area contributed by atoms with Gasteiger partial charge in [-0.1, -0.05) is 35.9 Å². The molecule has 0 radical (unpaired) electrons. The van der Waals surface area contributed by atoms with Gasteiger partial charge in [0.05, 0.1) is 11.6 Å². The third kappa shape index (κ3) is 5.60. The fourth-order valence-corrected chi connectivity index (χ4v) is 2.45. The number of carbonyl (C=O) groups is 2. The Kier molecular flexibility index (Phi) is 7.19. The topological polar surface area (TPSA) is 91.0 Å². The van der Waals surface area contributed by atoms with E-state index >= 15 is 0 Å². The number of ketones is 1. The number of benzene rings is 2. The molecule has 0 saturated heterocycles. The predicted molar refractivity (Wildman–Crippen MR) is 104 cm³/mol. The molecule has 0 aromatic heterocycles. The monoisotopic (exact) mass is 398 g/mol. The Morgan fingerprint density at radius 2 is 1.82 bits per heavy atom. The number of carbonyl (C=O) groups excluding carboxylic acids is 2. The van der Waals surface area contributed by atoms with E-state index in [1.54, 1.807) is 30.3 Å². The molecule has 0 spiro atoms. The normalized spacial score (nSPS) is 12.0. The lowest BCUT2D eigenvalue weighted by Gasteiger charge is -2.10. The van der Waals surface area contributed by atoms with E-state index in [4.69, 9.17) is 27.0 Å². The fourth-order valence-electron chi connectivity index (χ4n) is 2.32. The molecule has 1 atom stereocenters. The Morgan fingerprint density at radius 3 is 2.36 bits per heavy atom. The van der Waals surface area contributed by atoms with Crippen LogP contribution in [0, 0.1) is 28.5 Å². The Balaban J connectivity index is 2.28. The van der Waals surface area contributed by atoms with Crippen LogP contribution in [-0.4, -0.2) is 24.1 Å². The van der Waals surface area contributed by atoms with Crippen LogP contribution in [-0.2, 0) is 14.3 Å². The largest absolute Gasteiger partial charge is 0.454 e. The van der Waals surface area contributed by atoms with Crippen molar-refractivity contribution in [2.75, 3.05) is 6.61 Å². The third-order valence-electron chi connectivity index (χ3n) is 3.79. The van der Waals surface area contributed by atoms with E-state index in [9.17, 15) is 14.0 Å². The van der Waals surface area contributed by atoms with Crippen molar-refractivity contribution in [2.24, 2.45) is 5.92 Å². The maximum absolute atomic E-state index is 13.2. The van der Waals surface area contributed by atoms with Crippen LogP contribution in [0.5, 0.6) is 0 Å². The highest BCUT2D eigenvalue weighted by atomic mass is 35.5. The molecule has 2 rings (SSSR count). The zero-order valence-corrected chi connectivity index (χ0v) is 15.7. The van der Waals surface area contributed by atoms with Gasteiger partial charge in [-0.3, -0.25) is 4.79 Å². The van der Waals surface area contributed by atoms with E-state index < -0.39 is 30.1 Å². The minimum atomic E-state index is -1.26. The number of halogens is 2. The van der Waals surface area contributed by atoms with Gasteiger partial charge in [0.25, 0.3) is 0 Å². The minimum Gasteiger partial charge on any atom is -0.454 e. The van der Waals surface area contributed by atoms with Crippen molar-refractivity contribution in [1.82, 2.24) is 0 Å². The van der Waals surface area contributed by atoms with E-state index in [2.05, 4.69) is 0 Å². The molecular weight excluding hydrogens is 383 g/mol. The summed E-state index contributed by atoms with van der Waals surface area (Å²) in [5, 5.41) is 16.9. The number of hydrogen-bond donors (Lipinski definition) is 1. The highest BCUT2D eigenvalue weighted by Crippen LogP contribution is 2.22. The van der Waals surface area contributed by atoms with Crippen molar-refractivity contribution >= 4 is 40.7 Å². The summed E-state index contributed by atoms with van der Waals surface area (Å²) in [6.45, 7) is 0.685.